The van der Waals surface area contributed by atoms with Crippen LogP contribution in [-0.2, 0) is 6.42 Å². The van der Waals surface area contributed by atoms with Crippen molar-refractivity contribution in [1.29, 1.82) is 0 Å². The van der Waals surface area contributed by atoms with Gasteiger partial charge in [0.15, 0.2) is 0 Å². The Bertz CT molecular complexity index is 811. The molecule has 0 bridgehead atoms. The molecule has 0 spiro atoms. The Morgan fingerprint density at radius 1 is 0.826 bits per heavy atom. The Morgan fingerprint density at radius 3 is 2.22 bits per heavy atom. The standard InChI is InChI=1S/C20H15ClNSe/c21-17-10-12-18(13-11-17)22-20(23)19-9-5-4-8-16(19)14-15-6-2-1-3-7-15/h1-13H,14H2. The number of hydrogen-bond donors (Lipinski definition) is 0. The first-order valence-corrected chi connectivity index (χ1v) is 8.59. The van der Waals surface area contributed by atoms with Crippen LogP contribution in [-0.4, -0.2) is 20.6 Å². The van der Waals surface area contributed by atoms with Crippen LogP contribution >= 0.6 is 11.6 Å². The molecule has 3 aromatic rings. The third-order valence-corrected chi connectivity index (χ3v) is 4.45. The minimum absolute atomic E-state index is 0.718. The predicted octanol–water partition coefficient (Wildman–Crippen LogP) is 5.18. The van der Waals surface area contributed by atoms with Crippen LogP contribution < -0.4 is 0 Å². The third-order valence-electron chi connectivity index (χ3n) is 3.54. The van der Waals surface area contributed by atoms with Gasteiger partial charge in [-0.3, -0.25) is 0 Å². The molecule has 0 aliphatic heterocycles. The molecule has 0 atom stereocenters. The molecule has 1 nitrogen and oxygen atoms in total. The second kappa shape index (κ2) is 7.61. The number of nitrogens with zero attached hydrogens (tertiary/aromatic N) is 1. The van der Waals surface area contributed by atoms with Gasteiger partial charge < -0.3 is 0 Å². The zero-order chi connectivity index (χ0) is 16.1. The van der Waals surface area contributed by atoms with Gasteiger partial charge >= 0.3 is 150 Å². The van der Waals surface area contributed by atoms with Crippen molar-refractivity contribution >= 4 is 37.9 Å². The number of halogens is 1. The predicted molar refractivity (Wildman–Crippen MR) is 99.1 cm³/mol. The van der Waals surface area contributed by atoms with E-state index in [1.54, 1.807) is 0 Å². The van der Waals surface area contributed by atoms with Crippen molar-refractivity contribution in [2.45, 2.75) is 6.42 Å². The van der Waals surface area contributed by atoms with Crippen molar-refractivity contribution in [3.05, 3.63) is 101 Å². The van der Waals surface area contributed by atoms with E-state index in [0.717, 1.165) is 27.3 Å². The number of benzene rings is 3. The first-order chi connectivity index (χ1) is 11.2. The van der Waals surface area contributed by atoms with Crippen LogP contribution in [0.5, 0.6) is 0 Å². The normalized spacial score (nSPS) is 11.4. The molecule has 3 rings (SSSR count). The van der Waals surface area contributed by atoms with Gasteiger partial charge in [0.1, 0.15) is 0 Å². The van der Waals surface area contributed by atoms with E-state index in [2.05, 4.69) is 63.5 Å². The van der Waals surface area contributed by atoms with Gasteiger partial charge in [0.25, 0.3) is 0 Å². The summed E-state index contributed by atoms with van der Waals surface area (Å²) in [6.45, 7) is 0. The summed E-state index contributed by atoms with van der Waals surface area (Å²) >= 11 is 9.02. The van der Waals surface area contributed by atoms with Gasteiger partial charge in [-0.25, -0.2) is 0 Å². The van der Waals surface area contributed by atoms with E-state index in [1.807, 2.05) is 36.4 Å². The van der Waals surface area contributed by atoms with Crippen LogP contribution in [0.25, 0.3) is 0 Å². The molecule has 0 amide bonds. The molecule has 0 aliphatic rings. The summed E-state index contributed by atoms with van der Waals surface area (Å²) in [7, 11) is 0. The third kappa shape index (κ3) is 4.33. The van der Waals surface area contributed by atoms with Gasteiger partial charge in [-0.05, 0) is 0 Å². The Morgan fingerprint density at radius 2 is 1.48 bits per heavy atom. The van der Waals surface area contributed by atoms with Gasteiger partial charge in [0.2, 0.25) is 0 Å². The fourth-order valence-electron chi connectivity index (χ4n) is 2.39. The SMILES string of the molecule is Clc1ccc(N=C([Se])c2ccccc2Cc2ccccc2)cc1. The van der Waals surface area contributed by atoms with Crippen LogP contribution in [0, 0.1) is 0 Å². The summed E-state index contributed by atoms with van der Waals surface area (Å²) in [5.41, 5.74) is 4.56. The summed E-state index contributed by atoms with van der Waals surface area (Å²) in [6.07, 6.45) is 0.887. The van der Waals surface area contributed by atoms with E-state index in [9.17, 15) is 0 Å². The van der Waals surface area contributed by atoms with E-state index in [1.165, 1.54) is 11.1 Å². The van der Waals surface area contributed by atoms with Crippen molar-refractivity contribution in [3.8, 4) is 0 Å². The molecule has 0 aromatic heterocycles. The van der Waals surface area contributed by atoms with Crippen LogP contribution in [0.4, 0.5) is 5.69 Å². The maximum absolute atomic E-state index is 5.92. The number of rotatable bonds is 4. The van der Waals surface area contributed by atoms with Crippen LogP contribution in [0.15, 0.2) is 83.9 Å². The maximum atomic E-state index is 5.92. The average molecular weight is 384 g/mol. The Labute approximate surface area is 149 Å². The molecule has 0 aliphatic carbocycles. The van der Waals surface area contributed by atoms with Gasteiger partial charge in [-0.1, -0.05) is 0 Å². The zero-order valence-corrected chi connectivity index (χ0v) is 14.9. The molecule has 1 radical (unpaired) electrons. The minimum atomic E-state index is 0.718. The van der Waals surface area contributed by atoms with E-state index in [-0.39, 0.29) is 0 Å². The second-order valence-electron chi connectivity index (χ2n) is 5.21. The molecule has 23 heavy (non-hydrogen) atoms. The van der Waals surface area contributed by atoms with Gasteiger partial charge in [-0.2, -0.15) is 0 Å². The molecule has 3 aromatic carbocycles. The van der Waals surface area contributed by atoms with Gasteiger partial charge in [0.05, 0.1) is 0 Å². The van der Waals surface area contributed by atoms with Crippen molar-refractivity contribution in [2.75, 3.05) is 0 Å². The monoisotopic (exact) mass is 384 g/mol. The second-order valence-corrected chi connectivity index (χ2v) is 6.46. The summed E-state index contributed by atoms with van der Waals surface area (Å²) in [4.78, 5) is 4.68. The molecule has 113 valence electrons. The molecule has 0 saturated heterocycles. The first-order valence-electron chi connectivity index (χ1n) is 7.36. The van der Waals surface area contributed by atoms with Crippen LogP contribution in [0.1, 0.15) is 16.7 Å². The Kier molecular flexibility index (Phi) is 5.30. The molecular formula is C20H15ClNSe. The Balaban J connectivity index is 1.91. The number of hydrogen-bond acceptors (Lipinski definition) is 1. The number of aliphatic imine (C=N–C) groups is 1. The molecular weight excluding hydrogens is 369 g/mol. The van der Waals surface area contributed by atoms with E-state index in [0.29, 0.717) is 0 Å². The van der Waals surface area contributed by atoms with E-state index < -0.39 is 0 Å². The fraction of sp³-hybridized carbons (Fsp3) is 0.0500. The van der Waals surface area contributed by atoms with Crippen molar-refractivity contribution in [2.24, 2.45) is 4.99 Å². The zero-order valence-electron chi connectivity index (χ0n) is 12.4. The van der Waals surface area contributed by atoms with E-state index >= 15 is 0 Å². The molecule has 3 heteroatoms. The van der Waals surface area contributed by atoms with Gasteiger partial charge in [-0.15, -0.1) is 0 Å². The molecule has 0 fully saturated rings. The molecule has 0 saturated carbocycles. The van der Waals surface area contributed by atoms with E-state index in [4.69, 9.17) is 11.6 Å². The first kappa shape index (κ1) is 16.0. The Hall–Kier alpha value is -1.86. The van der Waals surface area contributed by atoms with Crippen molar-refractivity contribution in [1.82, 2.24) is 0 Å². The van der Waals surface area contributed by atoms with Crippen LogP contribution in [0.2, 0.25) is 5.02 Å². The average Bonchev–Trinajstić information content (AvgIpc) is 2.58. The fourth-order valence-corrected chi connectivity index (χ4v) is 3.16. The van der Waals surface area contributed by atoms with Crippen LogP contribution in [0.3, 0.4) is 0 Å². The van der Waals surface area contributed by atoms with Crippen molar-refractivity contribution in [3.63, 3.8) is 0 Å². The summed E-state index contributed by atoms with van der Waals surface area (Å²) in [6, 6.07) is 26.4. The van der Waals surface area contributed by atoms with Gasteiger partial charge in [0, 0.05) is 0 Å². The molecule has 0 N–H and O–H groups in total. The molecule has 0 unspecified atom stereocenters. The summed E-state index contributed by atoms with van der Waals surface area (Å²) in [5.74, 6) is 0. The quantitative estimate of drug-likeness (QED) is 0.435. The summed E-state index contributed by atoms with van der Waals surface area (Å²) in [5, 5.41) is 0.718. The van der Waals surface area contributed by atoms with Crippen molar-refractivity contribution < 1.29 is 0 Å². The summed E-state index contributed by atoms with van der Waals surface area (Å²) < 4.78 is 0.888. The molecule has 0 heterocycles. The topological polar surface area (TPSA) is 12.4 Å².